The Balaban J connectivity index is 2.62. The van der Waals surface area contributed by atoms with Crippen molar-refractivity contribution in [1.82, 2.24) is 10.6 Å². The molecule has 0 atom stereocenters. The molecule has 0 saturated heterocycles. The molecule has 0 aromatic heterocycles. The Labute approximate surface area is 152 Å². The Morgan fingerprint density at radius 1 is 1.20 bits per heavy atom. The van der Waals surface area contributed by atoms with Crippen molar-refractivity contribution >= 4 is 5.96 Å². The van der Waals surface area contributed by atoms with Gasteiger partial charge in [-0.2, -0.15) is 0 Å². The third-order valence-electron chi connectivity index (χ3n) is 4.90. The quantitative estimate of drug-likeness (QED) is 0.424. The molecule has 5 heteroatoms. The fourth-order valence-corrected chi connectivity index (χ4v) is 2.89. The molecule has 0 heterocycles. The highest BCUT2D eigenvalue weighted by molar-refractivity contribution is 5.79. The zero-order valence-corrected chi connectivity index (χ0v) is 16.3. The van der Waals surface area contributed by atoms with Gasteiger partial charge < -0.3 is 20.5 Å². The lowest BCUT2D eigenvalue weighted by atomic mass is 9.79. The van der Waals surface area contributed by atoms with E-state index in [4.69, 9.17) is 9.73 Å². The van der Waals surface area contributed by atoms with E-state index in [0.29, 0.717) is 0 Å². The van der Waals surface area contributed by atoms with E-state index in [2.05, 4.69) is 43.5 Å². The topological polar surface area (TPSA) is 65.9 Å². The maximum Gasteiger partial charge on any atom is 0.191 e. The van der Waals surface area contributed by atoms with Gasteiger partial charge in [0.2, 0.25) is 0 Å². The first-order valence-corrected chi connectivity index (χ1v) is 9.39. The summed E-state index contributed by atoms with van der Waals surface area (Å²) in [6.45, 7) is 9.02. The average Bonchev–Trinajstić information content (AvgIpc) is 2.65. The van der Waals surface area contributed by atoms with Crippen LogP contribution in [0.5, 0.6) is 5.75 Å². The number of hydrogen-bond donors (Lipinski definition) is 3. The molecule has 0 unspecified atom stereocenters. The molecule has 1 aromatic rings. The number of aliphatic hydroxyl groups excluding tert-OH is 1. The zero-order chi connectivity index (χ0) is 18.5. The average molecular weight is 350 g/mol. The van der Waals surface area contributed by atoms with Crippen molar-refractivity contribution in [1.29, 1.82) is 0 Å². The highest BCUT2D eigenvalue weighted by Gasteiger charge is 2.25. The summed E-state index contributed by atoms with van der Waals surface area (Å²) in [4.78, 5) is 4.77. The fraction of sp³-hybridized carbons (Fsp3) is 0.650. The van der Waals surface area contributed by atoms with Crippen molar-refractivity contribution < 1.29 is 9.84 Å². The summed E-state index contributed by atoms with van der Waals surface area (Å²) >= 11 is 0. The predicted molar refractivity (Wildman–Crippen MR) is 105 cm³/mol. The van der Waals surface area contributed by atoms with Crippen LogP contribution in [-0.2, 0) is 6.42 Å². The van der Waals surface area contributed by atoms with Gasteiger partial charge in [0.25, 0.3) is 0 Å². The number of benzene rings is 1. The van der Waals surface area contributed by atoms with E-state index in [-0.39, 0.29) is 12.0 Å². The summed E-state index contributed by atoms with van der Waals surface area (Å²) in [5, 5.41) is 16.1. The van der Waals surface area contributed by atoms with Gasteiger partial charge in [0.05, 0.1) is 7.11 Å². The Kier molecular flexibility index (Phi) is 10.0. The van der Waals surface area contributed by atoms with Crippen LogP contribution in [0.3, 0.4) is 0 Å². The molecule has 0 bridgehead atoms. The van der Waals surface area contributed by atoms with Crippen molar-refractivity contribution in [2.45, 2.75) is 46.5 Å². The highest BCUT2D eigenvalue weighted by atomic mass is 16.5. The summed E-state index contributed by atoms with van der Waals surface area (Å²) < 4.78 is 5.27. The van der Waals surface area contributed by atoms with Crippen molar-refractivity contribution in [3.8, 4) is 5.75 Å². The van der Waals surface area contributed by atoms with Crippen LogP contribution in [0.1, 0.15) is 45.6 Å². The van der Waals surface area contributed by atoms with E-state index in [9.17, 15) is 5.11 Å². The number of nitrogens with one attached hydrogen (secondary N) is 2. The molecule has 0 fully saturated rings. The first-order valence-electron chi connectivity index (χ1n) is 9.39. The molecule has 142 valence electrons. The van der Waals surface area contributed by atoms with E-state index >= 15 is 0 Å². The summed E-state index contributed by atoms with van der Waals surface area (Å²) in [7, 11) is 1.69. The normalized spacial score (nSPS) is 12.1. The van der Waals surface area contributed by atoms with Gasteiger partial charge in [0.1, 0.15) is 5.75 Å². The highest BCUT2D eigenvalue weighted by Crippen LogP contribution is 2.30. The van der Waals surface area contributed by atoms with Gasteiger partial charge in [0.15, 0.2) is 5.96 Å². The molecule has 0 spiro atoms. The van der Waals surface area contributed by atoms with Crippen LogP contribution in [0.2, 0.25) is 0 Å². The predicted octanol–water partition coefficient (Wildman–Crippen LogP) is 2.98. The smallest absolute Gasteiger partial charge is 0.191 e. The number of ether oxygens (including phenoxy) is 1. The lowest BCUT2D eigenvalue weighted by molar-refractivity contribution is 0.175. The van der Waals surface area contributed by atoms with Crippen molar-refractivity contribution in [2.75, 3.05) is 33.4 Å². The number of rotatable bonds is 11. The van der Waals surface area contributed by atoms with Crippen LogP contribution in [-0.4, -0.2) is 44.4 Å². The first kappa shape index (κ1) is 21.3. The number of nitrogens with zero attached hydrogens (tertiary/aromatic N) is 1. The molecule has 5 nitrogen and oxygen atoms in total. The van der Waals surface area contributed by atoms with E-state index in [0.717, 1.165) is 57.0 Å². The molecular weight excluding hydrogens is 314 g/mol. The van der Waals surface area contributed by atoms with Gasteiger partial charge in [-0.1, -0.05) is 26.0 Å². The second kappa shape index (κ2) is 11.7. The fourth-order valence-electron chi connectivity index (χ4n) is 2.89. The number of aliphatic imine (C=N–C) groups is 1. The summed E-state index contributed by atoms with van der Waals surface area (Å²) in [6.07, 6.45) is 3.76. The molecule has 1 aromatic carbocycles. The Bertz CT molecular complexity index is 513. The maximum atomic E-state index is 9.35. The van der Waals surface area contributed by atoms with Crippen LogP contribution >= 0.6 is 0 Å². The lowest BCUT2D eigenvalue weighted by Crippen LogP contribution is -2.39. The van der Waals surface area contributed by atoms with Gasteiger partial charge in [-0.05, 0) is 55.7 Å². The monoisotopic (exact) mass is 349 g/mol. The molecule has 0 aliphatic carbocycles. The second-order valence-corrected chi connectivity index (χ2v) is 6.40. The summed E-state index contributed by atoms with van der Waals surface area (Å²) in [5.74, 6) is 1.73. The molecule has 1 rings (SSSR count). The second-order valence-electron chi connectivity index (χ2n) is 6.40. The lowest BCUT2D eigenvalue weighted by Gasteiger charge is -2.29. The van der Waals surface area contributed by atoms with E-state index < -0.39 is 0 Å². The minimum absolute atomic E-state index is 0.0872. The van der Waals surface area contributed by atoms with Gasteiger partial charge in [-0.3, -0.25) is 4.99 Å². The molecule has 0 saturated carbocycles. The van der Waals surface area contributed by atoms with Crippen molar-refractivity contribution in [3.05, 3.63) is 29.8 Å². The van der Waals surface area contributed by atoms with E-state index in [1.807, 2.05) is 12.1 Å². The van der Waals surface area contributed by atoms with Crippen LogP contribution < -0.4 is 15.4 Å². The van der Waals surface area contributed by atoms with Gasteiger partial charge in [-0.15, -0.1) is 0 Å². The van der Waals surface area contributed by atoms with Crippen molar-refractivity contribution in [3.63, 3.8) is 0 Å². The Morgan fingerprint density at radius 3 is 2.56 bits per heavy atom. The number of guanidine groups is 1. The molecule has 25 heavy (non-hydrogen) atoms. The van der Waals surface area contributed by atoms with Gasteiger partial charge in [0, 0.05) is 26.2 Å². The maximum absolute atomic E-state index is 9.35. The molecule has 0 amide bonds. The Morgan fingerprint density at radius 2 is 1.96 bits per heavy atom. The minimum atomic E-state index is 0.0872. The molecule has 3 N–H and O–H groups in total. The summed E-state index contributed by atoms with van der Waals surface area (Å²) in [6, 6.07) is 8.14. The van der Waals surface area contributed by atoms with Crippen LogP contribution in [0, 0.1) is 5.41 Å². The Hall–Kier alpha value is -1.75. The minimum Gasteiger partial charge on any atom is -0.497 e. The largest absolute Gasteiger partial charge is 0.497 e. The zero-order valence-electron chi connectivity index (χ0n) is 16.3. The van der Waals surface area contributed by atoms with Gasteiger partial charge >= 0.3 is 0 Å². The third kappa shape index (κ3) is 7.34. The number of methoxy groups -OCH3 is 1. The van der Waals surface area contributed by atoms with E-state index in [1.54, 1.807) is 7.11 Å². The molecule has 0 aliphatic rings. The third-order valence-corrected chi connectivity index (χ3v) is 4.90. The number of hydrogen-bond acceptors (Lipinski definition) is 3. The summed E-state index contributed by atoms with van der Waals surface area (Å²) in [5.41, 5.74) is 1.32. The first-order chi connectivity index (χ1) is 12.1. The standard InChI is InChI=1S/C20H35N3O2/c1-5-20(6-2,12-14-24)16-23-19(21-7-3)22-13-11-17-9-8-10-18(15-17)25-4/h8-10,15,24H,5-7,11-14,16H2,1-4H3,(H2,21,22,23). The van der Waals surface area contributed by atoms with Crippen LogP contribution in [0.4, 0.5) is 0 Å². The molecule has 0 aliphatic heterocycles. The van der Waals surface area contributed by atoms with Crippen LogP contribution in [0.25, 0.3) is 0 Å². The number of aliphatic hydroxyl groups is 1. The SMILES string of the molecule is CCNC(=NCC(CC)(CC)CCO)NCCc1cccc(OC)c1. The molecular formula is C20H35N3O2. The van der Waals surface area contributed by atoms with Crippen molar-refractivity contribution in [2.24, 2.45) is 10.4 Å². The molecule has 0 radical (unpaired) electrons. The van der Waals surface area contributed by atoms with Crippen LogP contribution in [0.15, 0.2) is 29.3 Å². The van der Waals surface area contributed by atoms with E-state index in [1.165, 1.54) is 5.56 Å². The van der Waals surface area contributed by atoms with Gasteiger partial charge in [-0.25, -0.2) is 0 Å².